The standard InChI is InChI=1S/C18H31NO6S/c1-7-9-10-24-16(22)13(11-14(21)26-8-2)15(12(3)20)19-17(23)25-18(4,5)6/h13,15H,7-11H2,1-6H3,(H,19,23)/t13-,15-/m1/s1. The normalized spacial score (nSPS) is 13.5. The van der Waals surface area contributed by atoms with Crippen molar-refractivity contribution in [3.8, 4) is 0 Å². The van der Waals surface area contributed by atoms with E-state index in [2.05, 4.69) is 5.32 Å². The van der Waals surface area contributed by atoms with Gasteiger partial charge in [-0.3, -0.25) is 14.4 Å². The fourth-order valence-corrected chi connectivity index (χ4v) is 2.70. The molecule has 0 saturated heterocycles. The van der Waals surface area contributed by atoms with Gasteiger partial charge in [0.15, 0.2) is 10.9 Å². The van der Waals surface area contributed by atoms with Crippen molar-refractivity contribution in [3.05, 3.63) is 0 Å². The Bertz CT molecular complexity index is 500. The van der Waals surface area contributed by atoms with Crippen molar-refractivity contribution in [2.45, 2.75) is 72.4 Å². The molecule has 0 saturated carbocycles. The molecule has 0 heterocycles. The molecule has 0 aliphatic rings. The van der Waals surface area contributed by atoms with Crippen molar-refractivity contribution in [3.63, 3.8) is 0 Å². The summed E-state index contributed by atoms with van der Waals surface area (Å²) in [7, 11) is 0. The molecule has 7 nitrogen and oxygen atoms in total. The lowest BCUT2D eigenvalue weighted by molar-refractivity contribution is -0.152. The van der Waals surface area contributed by atoms with E-state index < -0.39 is 35.4 Å². The second kappa shape index (κ2) is 11.9. The summed E-state index contributed by atoms with van der Waals surface area (Å²) in [4.78, 5) is 48.6. The van der Waals surface area contributed by atoms with Crippen LogP contribution in [0, 0.1) is 5.92 Å². The number of unbranched alkanes of at least 4 members (excludes halogenated alkanes) is 1. The SMILES string of the molecule is CCCCOC(=O)[C@H](CC(=O)SCC)[C@H](NC(=O)OC(C)(C)C)C(C)=O. The number of carbonyl (C=O) groups is 4. The van der Waals surface area contributed by atoms with Gasteiger partial charge in [0.05, 0.1) is 12.5 Å². The molecule has 26 heavy (non-hydrogen) atoms. The molecular formula is C18H31NO6S. The Kier molecular flexibility index (Phi) is 11.2. The van der Waals surface area contributed by atoms with Gasteiger partial charge >= 0.3 is 12.1 Å². The highest BCUT2D eigenvalue weighted by molar-refractivity contribution is 8.13. The molecule has 1 N–H and O–H groups in total. The van der Waals surface area contributed by atoms with Crippen LogP contribution in [0.15, 0.2) is 0 Å². The van der Waals surface area contributed by atoms with Gasteiger partial charge in [-0.15, -0.1) is 0 Å². The molecule has 0 aliphatic carbocycles. The minimum absolute atomic E-state index is 0.191. The lowest BCUT2D eigenvalue weighted by Gasteiger charge is -2.26. The molecule has 0 aromatic carbocycles. The molecule has 0 spiro atoms. The first-order chi connectivity index (χ1) is 12.0. The molecular weight excluding hydrogens is 358 g/mol. The van der Waals surface area contributed by atoms with Crippen molar-refractivity contribution in [2.75, 3.05) is 12.4 Å². The largest absolute Gasteiger partial charge is 0.465 e. The smallest absolute Gasteiger partial charge is 0.408 e. The number of ether oxygens (including phenoxy) is 2. The Balaban J connectivity index is 5.31. The summed E-state index contributed by atoms with van der Waals surface area (Å²) in [5.74, 6) is -1.63. The Morgan fingerprint density at radius 1 is 1.12 bits per heavy atom. The maximum absolute atomic E-state index is 12.4. The number of amides is 1. The molecule has 8 heteroatoms. The minimum Gasteiger partial charge on any atom is -0.465 e. The zero-order valence-electron chi connectivity index (χ0n) is 16.5. The van der Waals surface area contributed by atoms with E-state index in [1.807, 2.05) is 13.8 Å². The predicted octanol–water partition coefficient (Wildman–Crippen LogP) is 3.10. The fraction of sp³-hybridized carbons (Fsp3) is 0.778. The van der Waals surface area contributed by atoms with Gasteiger partial charge in [-0.05, 0) is 39.9 Å². The van der Waals surface area contributed by atoms with E-state index in [0.29, 0.717) is 12.2 Å². The van der Waals surface area contributed by atoms with Gasteiger partial charge in [0, 0.05) is 6.42 Å². The topological polar surface area (TPSA) is 98.8 Å². The molecule has 0 aromatic heterocycles. The summed E-state index contributed by atoms with van der Waals surface area (Å²) in [5.41, 5.74) is -0.754. The van der Waals surface area contributed by atoms with Crippen molar-refractivity contribution in [1.29, 1.82) is 0 Å². The lowest BCUT2D eigenvalue weighted by atomic mass is 9.94. The van der Waals surface area contributed by atoms with Crippen LogP contribution in [0.3, 0.4) is 0 Å². The van der Waals surface area contributed by atoms with E-state index >= 15 is 0 Å². The van der Waals surface area contributed by atoms with Crippen molar-refractivity contribution < 1.29 is 28.7 Å². The van der Waals surface area contributed by atoms with E-state index in [1.54, 1.807) is 20.8 Å². The van der Waals surface area contributed by atoms with Gasteiger partial charge in [0.25, 0.3) is 0 Å². The second-order valence-electron chi connectivity index (χ2n) is 6.87. The molecule has 0 unspecified atom stereocenters. The second-order valence-corrected chi connectivity index (χ2v) is 8.19. The van der Waals surface area contributed by atoms with Gasteiger partial charge in [-0.2, -0.15) is 0 Å². The number of Topliss-reactive ketones (excluding diaryl/α,β-unsaturated/α-hetero) is 1. The summed E-state index contributed by atoms with van der Waals surface area (Å²) >= 11 is 1.06. The van der Waals surface area contributed by atoms with Crippen LogP contribution in [0.2, 0.25) is 0 Å². The highest BCUT2D eigenvalue weighted by Gasteiger charge is 2.36. The molecule has 0 bridgehead atoms. The molecule has 2 atom stereocenters. The van der Waals surface area contributed by atoms with Crippen LogP contribution in [0.25, 0.3) is 0 Å². The molecule has 0 aliphatic heterocycles. The van der Waals surface area contributed by atoms with Crippen LogP contribution in [0.5, 0.6) is 0 Å². The average molecular weight is 390 g/mol. The third-order valence-electron chi connectivity index (χ3n) is 3.25. The van der Waals surface area contributed by atoms with Crippen LogP contribution in [0.1, 0.15) is 60.8 Å². The highest BCUT2D eigenvalue weighted by atomic mass is 32.2. The van der Waals surface area contributed by atoms with Gasteiger partial charge < -0.3 is 14.8 Å². The maximum Gasteiger partial charge on any atom is 0.408 e. The lowest BCUT2D eigenvalue weighted by Crippen LogP contribution is -2.50. The molecule has 150 valence electrons. The first-order valence-corrected chi connectivity index (χ1v) is 9.82. The van der Waals surface area contributed by atoms with Crippen LogP contribution in [-0.4, -0.2) is 47.0 Å². The van der Waals surface area contributed by atoms with Crippen molar-refractivity contribution >= 4 is 34.7 Å². The van der Waals surface area contributed by atoms with E-state index in [0.717, 1.165) is 18.2 Å². The number of hydrogen-bond acceptors (Lipinski definition) is 7. The summed E-state index contributed by atoms with van der Waals surface area (Å²) in [6, 6.07) is -1.18. The summed E-state index contributed by atoms with van der Waals surface area (Å²) < 4.78 is 10.3. The summed E-state index contributed by atoms with van der Waals surface area (Å²) in [5, 5.41) is 2.18. The van der Waals surface area contributed by atoms with Gasteiger partial charge in [-0.25, -0.2) is 4.79 Å². The minimum atomic E-state index is -1.18. The van der Waals surface area contributed by atoms with Crippen LogP contribution < -0.4 is 5.32 Å². The molecule has 0 aromatic rings. The molecule has 0 fully saturated rings. The number of esters is 1. The maximum atomic E-state index is 12.4. The Hall–Kier alpha value is -1.57. The number of ketones is 1. The van der Waals surface area contributed by atoms with E-state index in [-0.39, 0.29) is 18.1 Å². The van der Waals surface area contributed by atoms with Crippen LogP contribution in [-0.2, 0) is 23.9 Å². The van der Waals surface area contributed by atoms with E-state index in [9.17, 15) is 19.2 Å². The number of thioether (sulfide) groups is 1. The highest BCUT2D eigenvalue weighted by Crippen LogP contribution is 2.19. The van der Waals surface area contributed by atoms with Gasteiger partial charge in [0.2, 0.25) is 0 Å². The van der Waals surface area contributed by atoms with E-state index in [4.69, 9.17) is 9.47 Å². The molecule has 0 radical (unpaired) electrons. The van der Waals surface area contributed by atoms with Gasteiger partial charge in [-0.1, -0.05) is 32.0 Å². The Labute approximate surface area is 159 Å². The van der Waals surface area contributed by atoms with E-state index in [1.165, 1.54) is 6.92 Å². The molecule has 0 rings (SSSR count). The molecule has 1 amide bonds. The van der Waals surface area contributed by atoms with Crippen LogP contribution in [0.4, 0.5) is 4.79 Å². The predicted molar refractivity (Wildman–Crippen MR) is 101 cm³/mol. The van der Waals surface area contributed by atoms with Crippen LogP contribution >= 0.6 is 11.8 Å². The van der Waals surface area contributed by atoms with Crippen molar-refractivity contribution in [2.24, 2.45) is 5.92 Å². The van der Waals surface area contributed by atoms with Crippen molar-refractivity contribution in [1.82, 2.24) is 5.32 Å². The average Bonchev–Trinajstić information content (AvgIpc) is 2.49. The number of carbonyl (C=O) groups excluding carboxylic acids is 4. The fourth-order valence-electron chi connectivity index (χ4n) is 2.08. The summed E-state index contributed by atoms with van der Waals surface area (Å²) in [6.45, 7) is 10.3. The quantitative estimate of drug-likeness (QED) is 0.453. The third-order valence-corrected chi connectivity index (χ3v) is 4.03. The van der Waals surface area contributed by atoms with Gasteiger partial charge in [0.1, 0.15) is 11.6 Å². The number of hydrogen-bond donors (Lipinski definition) is 1. The first-order valence-electron chi connectivity index (χ1n) is 8.84. The Morgan fingerprint density at radius 2 is 1.73 bits per heavy atom. The number of alkyl carbamates (subject to hydrolysis) is 1. The monoisotopic (exact) mass is 389 g/mol. The first kappa shape index (κ1) is 24.4. The number of rotatable bonds is 10. The zero-order chi connectivity index (χ0) is 20.3. The summed E-state index contributed by atoms with van der Waals surface area (Å²) in [6.07, 6.45) is 0.512. The third kappa shape index (κ3) is 10.4. The Morgan fingerprint density at radius 3 is 2.19 bits per heavy atom. The zero-order valence-corrected chi connectivity index (χ0v) is 17.4. The number of nitrogens with one attached hydrogen (secondary N) is 1.